The number of nitrogens with one attached hydrogen (secondary N) is 1. The van der Waals surface area contributed by atoms with Gasteiger partial charge in [0.1, 0.15) is 0 Å². The van der Waals surface area contributed by atoms with Crippen LogP contribution in [0.3, 0.4) is 0 Å². The topological polar surface area (TPSA) is 24.5 Å². The number of rotatable bonds is 7. The van der Waals surface area contributed by atoms with Gasteiger partial charge in [0.05, 0.1) is 6.10 Å². The molecule has 3 heteroatoms. The Hall–Kier alpha value is -0.900. The predicted molar refractivity (Wildman–Crippen MR) is 88.5 cm³/mol. The highest BCUT2D eigenvalue weighted by atomic mass is 16.5. The summed E-state index contributed by atoms with van der Waals surface area (Å²) in [7, 11) is 1.83. The van der Waals surface area contributed by atoms with Crippen molar-refractivity contribution in [3.8, 4) is 0 Å². The zero-order chi connectivity index (χ0) is 15.2. The highest BCUT2D eigenvalue weighted by Gasteiger charge is 2.35. The van der Waals surface area contributed by atoms with Crippen molar-refractivity contribution in [2.75, 3.05) is 26.7 Å². The summed E-state index contributed by atoms with van der Waals surface area (Å²) in [6.45, 7) is 10.0. The molecule has 21 heavy (non-hydrogen) atoms. The second-order valence-corrected chi connectivity index (χ2v) is 6.32. The molecule has 2 rings (SSSR count). The van der Waals surface area contributed by atoms with Crippen LogP contribution in [0.1, 0.15) is 38.8 Å². The fourth-order valence-electron chi connectivity index (χ4n) is 3.55. The SMILES string of the molecule is CCNC(c1ccccc1)C(C(C)C)N1CCC(OC)C1. The molecule has 118 valence electrons. The summed E-state index contributed by atoms with van der Waals surface area (Å²) < 4.78 is 5.55. The third kappa shape index (κ3) is 4.06. The molecule has 0 aliphatic carbocycles. The van der Waals surface area contributed by atoms with Gasteiger partial charge < -0.3 is 10.1 Å². The maximum atomic E-state index is 5.55. The first-order valence-electron chi connectivity index (χ1n) is 8.22. The Balaban J connectivity index is 2.21. The van der Waals surface area contributed by atoms with Crippen LogP contribution in [0.15, 0.2) is 30.3 Å². The second kappa shape index (κ2) is 7.92. The largest absolute Gasteiger partial charge is 0.380 e. The van der Waals surface area contributed by atoms with Crippen molar-refractivity contribution in [1.82, 2.24) is 10.2 Å². The molecule has 0 amide bonds. The number of methoxy groups -OCH3 is 1. The number of nitrogens with zero attached hydrogens (tertiary/aromatic N) is 1. The Labute approximate surface area is 129 Å². The highest BCUT2D eigenvalue weighted by Crippen LogP contribution is 2.29. The standard InChI is InChI=1S/C18H30N2O/c1-5-19-17(15-9-7-6-8-10-15)18(14(2)3)20-12-11-16(13-20)21-4/h6-10,14,16-19H,5,11-13H2,1-4H3. The zero-order valence-electron chi connectivity index (χ0n) is 13.9. The summed E-state index contributed by atoms with van der Waals surface area (Å²) in [5.74, 6) is 0.602. The first kappa shape index (κ1) is 16.5. The maximum Gasteiger partial charge on any atom is 0.0710 e. The van der Waals surface area contributed by atoms with E-state index in [1.807, 2.05) is 7.11 Å². The van der Waals surface area contributed by atoms with Crippen LogP contribution in [0.2, 0.25) is 0 Å². The van der Waals surface area contributed by atoms with Gasteiger partial charge in [-0.05, 0) is 24.4 Å². The fourth-order valence-corrected chi connectivity index (χ4v) is 3.55. The van der Waals surface area contributed by atoms with E-state index in [0.717, 1.165) is 26.1 Å². The molecule has 1 aromatic carbocycles. The molecular formula is C18H30N2O. The van der Waals surface area contributed by atoms with E-state index in [1.54, 1.807) is 0 Å². The van der Waals surface area contributed by atoms with E-state index in [2.05, 4.69) is 61.3 Å². The van der Waals surface area contributed by atoms with Gasteiger partial charge in [-0.15, -0.1) is 0 Å². The molecule has 0 bridgehead atoms. The number of ether oxygens (including phenoxy) is 1. The van der Waals surface area contributed by atoms with E-state index < -0.39 is 0 Å². The lowest BCUT2D eigenvalue weighted by Gasteiger charge is -2.38. The minimum absolute atomic E-state index is 0.381. The van der Waals surface area contributed by atoms with E-state index in [1.165, 1.54) is 5.56 Å². The molecule has 1 aliphatic rings. The number of hydrogen-bond donors (Lipinski definition) is 1. The van der Waals surface area contributed by atoms with Gasteiger partial charge in [0, 0.05) is 32.3 Å². The Kier molecular flexibility index (Phi) is 6.22. The molecule has 1 aliphatic heterocycles. The smallest absolute Gasteiger partial charge is 0.0710 e. The van der Waals surface area contributed by atoms with Gasteiger partial charge in [-0.1, -0.05) is 51.1 Å². The minimum atomic E-state index is 0.381. The van der Waals surface area contributed by atoms with E-state index >= 15 is 0 Å². The fraction of sp³-hybridized carbons (Fsp3) is 0.667. The first-order valence-corrected chi connectivity index (χ1v) is 8.22. The lowest BCUT2D eigenvalue weighted by Crippen LogP contribution is -2.47. The summed E-state index contributed by atoms with van der Waals surface area (Å²) in [5, 5.41) is 3.71. The van der Waals surface area contributed by atoms with Crippen molar-refractivity contribution >= 4 is 0 Å². The molecule has 3 nitrogen and oxygen atoms in total. The van der Waals surface area contributed by atoms with Gasteiger partial charge in [0.25, 0.3) is 0 Å². The van der Waals surface area contributed by atoms with Crippen LogP contribution < -0.4 is 5.32 Å². The minimum Gasteiger partial charge on any atom is -0.380 e. The van der Waals surface area contributed by atoms with E-state index in [0.29, 0.717) is 24.1 Å². The molecule has 0 aromatic heterocycles. The quantitative estimate of drug-likeness (QED) is 0.835. The summed E-state index contributed by atoms with van der Waals surface area (Å²) in [6, 6.07) is 11.7. The normalized spacial score (nSPS) is 22.6. The Morgan fingerprint density at radius 3 is 2.52 bits per heavy atom. The molecular weight excluding hydrogens is 260 g/mol. The second-order valence-electron chi connectivity index (χ2n) is 6.32. The molecule has 1 N–H and O–H groups in total. The van der Waals surface area contributed by atoms with E-state index in [9.17, 15) is 0 Å². The van der Waals surface area contributed by atoms with Crippen molar-refractivity contribution in [2.45, 2.75) is 45.4 Å². The highest BCUT2D eigenvalue weighted by molar-refractivity contribution is 5.21. The van der Waals surface area contributed by atoms with Gasteiger partial charge in [0.2, 0.25) is 0 Å². The lowest BCUT2D eigenvalue weighted by molar-refractivity contribution is 0.0847. The maximum absolute atomic E-state index is 5.55. The summed E-state index contributed by atoms with van der Waals surface area (Å²) in [6.07, 6.45) is 1.54. The van der Waals surface area contributed by atoms with Crippen molar-refractivity contribution in [3.05, 3.63) is 35.9 Å². The van der Waals surface area contributed by atoms with Crippen LogP contribution in [-0.4, -0.2) is 43.8 Å². The lowest BCUT2D eigenvalue weighted by atomic mass is 9.89. The van der Waals surface area contributed by atoms with Gasteiger partial charge in [0.15, 0.2) is 0 Å². The van der Waals surface area contributed by atoms with Crippen LogP contribution in [0, 0.1) is 5.92 Å². The summed E-state index contributed by atoms with van der Waals surface area (Å²) in [4.78, 5) is 2.61. The van der Waals surface area contributed by atoms with Crippen LogP contribution in [0.4, 0.5) is 0 Å². The molecule has 0 radical (unpaired) electrons. The average Bonchev–Trinajstić information content (AvgIpc) is 2.96. The van der Waals surface area contributed by atoms with Crippen LogP contribution >= 0.6 is 0 Å². The number of likely N-dealkylation sites (N-methyl/N-ethyl adjacent to an activating group) is 1. The molecule has 3 unspecified atom stereocenters. The number of benzene rings is 1. The molecule has 1 saturated heterocycles. The van der Waals surface area contributed by atoms with Gasteiger partial charge in [-0.25, -0.2) is 0 Å². The molecule has 0 saturated carbocycles. The van der Waals surface area contributed by atoms with Crippen molar-refractivity contribution in [3.63, 3.8) is 0 Å². The van der Waals surface area contributed by atoms with Crippen molar-refractivity contribution in [2.24, 2.45) is 5.92 Å². The Morgan fingerprint density at radius 1 is 1.29 bits per heavy atom. The molecule has 1 aromatic rings. The third-order valence-electron chi connectivity index (χ3n) is 4.54. The van der Waals surface area contributed by atoms with Gasteiger partial charge in [-0.3, -0.25) is 4.90 Å². The average molecular weight is 290 g/mol. The monoisotopic (exact) mass is 290 g/mol. The van der Waals surface area contributed by atoms with Crippen molar-refractivity contribution in [1.29, 1.82) is 0 Å². The van der Waals surface area contributed by atoms with Crippen LogP contribution in [0.5, 0.6) is 0 Å². The van der Waals surface area contributed by atoms with Gasteiger partial charge in [-0.2, -0.15) is 0 Å². The van der Waals surface area contributed by atoms with Crippen LogP contribution in [-0.2, 0) is 4.74 Å². The van der Waals surface area contributed by atoms with Gasteiger partial charge >= 0.3 is 0 Å². The summed E-state index contributed by atoms with van der Waals surface area (Å²) >= 11 is 0. The van der Waals surface area contributed by atoms with E-state index in [-0.39, 0.29) is 0 Å². The molecule has 1 fully saturated rings. The zero-order valence-corrected chi connectivity index (χ0v) is 13.9. The Morgan fingerprint density at radius 2 is 2.00 bits per heavy atom. The molecule has 1 heterocycles. The molecule has 3 atom stereocenters. The van der Waals surface area contributed by atoms with Crippen molar-refractivity contribution < 1.29 is 4.74 Å². The number of hydrogen-bond acceptors (Lipinski definition) is 3. The predicted octanol–water partition coefficient (Wildman–Crippen LogP) is 3.08. The number of likely N-dealkylation sites (tertiary alicyclic amines) is 1. The third-order valence-corrected chi connectivity index (χ3v) is 4.54. The van der Waals surface area contributed by atoms with E-state index in [4.69, 9.17) is 4.74 Å². The summed E-state index contributed by atoms with van der Waals surface area (Å²) in [5.41, 5.74) is 1.39. The molecule has 0 spiro atoms. The van der Waals surface area contributed by atoms with Crippen LogP contribution in [0.25, 0.3) is 0 Å². The first-order chi connectivity index (χ1) is 10.2. The Bertz CT molecular complexity index is 407.